The Labute approximate surface area is 158 Å². The summed E-state index contributed by atoms with van der Waals surface area (Å²) >= 11 is 6.19. The number of anilines is 1. The van der Waals surface area contributed by atoms with Gasteiger partial charge in [-0.15, -0.1) is 0 Å². The molecule has 144 valence electrons. The van der Waals surface area contributed by atoms with E-state index in [4.69, 9.17) is 11.6 Å². The molecule has 0 aromatic heterocycles. The summed E-state index contributed by atoms with van der Waals surface area (Å²) in [6, 6.07) is 4.37. The van der Waals surface area contributed by atoms with Gasteiger partial charge in [-0.25, -0.2) is 0 Å². The van der Waals surface area contributed by atoms with Gasteiger partial charge in [-0.3, -0.25) is 10.1 Å². The van der Waals surface area contributed by atoms with E-state index in [1.165, 1.54) is 16.4 Å². The van der Waals surface area contributed by atoms with Gasteiger partial charge in [-0.2, -0.15) is 17.0 Å². The number of hydrogen-bond donors (Lipinski definition) is 0. The van der Waals surface area contributed by atoms with Crippen molar-refractivity contribution in [3.8, 4) is 0 Å². The van der Waals surface area contributed by atoms with Crippen LogP contribution in [-0.4, -0.2) is 61.2 Å². The van der Waals surface area contributed by atoms with Crippen LogP contribution >= 0.6 is 11.6 Å². The average Bonchev–Trinajstić information content (AvgIpc) is 2.91. The second-order valence-corrected chi connectivity index (χ2v) is 8.94. The molecule has 0 N–H and O–H groups in total. The summed E-state index contributed by atoms with van der Waals surface area (Å²) in [4.78, 5) is 12.3. The minimum absolute atomic E-state index is 0.0545. The van der Waals surface area contributed by atoms with Crippen molar-refractivity contribution < 1.29 is 13.3 Å². The number of nitro benzene ring substituents is 1. The van der Waals surface area contributed by atoms with Crippen LogP contribution in [0.4, 0.5) is 11.4 Å². The zero-order chi connectivity index (χ0) is 18.7. The van der Waals surface area contributed by atoms with E-state index in [1.54, 1.807) is 10.4 Å². The fourth-order valence-corrected chi connectivity index (χ4v) is 5.43. The first kappa shape index (κ1) is 19.3. The lowest BCUT2D eigenvalue weighted by atomic mass is 10.2. The molecular weight excluding hydrogens is 380 g/mol. The maximum atomic E-state index is 12.9. The van der Waals surface area contributed by atoms with Crippen LogP contribution in [0.2, 0.25) is 5.02 Å². The maximum Gasteiger partial charge on any atom is 0.282 e. The van der Waals surface area contributed by atoms with Crippen LogP contribution in [0.1, 0.15) is 25.7 Å². The Morgan fingerprint density at radius 2 is 1.50 bits per heavy atom. The molecular formula is C16H23ClN4O4S. The van der Waals surface area contributed by atoms with Crippen molar-refractivity contribution in [2.75, 3.05) is 44.2 Å². The van der Waals surface area contributed by atoms with Gasteiger partial charge >= 0.3 is 0 Å². The Balaban J connectivity index is 1.66. The molecule has 0 unspecified atom stereocenters. The van der Waals surface area contributed by atoms with Crippen molar-refractivity contribution in [1.29, 1.82) is 0 Å². The van der Waals surface area contributed by atoms with E-state index in [1.807, 2.05) is 4.90 Å². The summed E-state index contributed by atoms with van der Waals surface area (Å²) in [5.74, 6) is 0. The van der Waals surface area contributed by atoms with Gasteiger partial charge in [-0.1, -0.05) is 24.4 Å². The van der Waals surface area contributed by atoms with Crippen LogP contribution in [0, 0.1) is 10.1 Å². The van der Waals surface area contributed by atoms with Gasteiger partial charge in [0.05, 0.1) is 15.6 Å². The molecule has 1 aromatic carbocycles. The van der Waals surface area contributed by atoms with Crippen LogP contribution in [0.5, 0.6) is 0 Å². The van der Waals surface area contributed by atoms with Crippen molar-refractivity contribution in [2.24, 2.45) is 0 Å². The van der Waals surface area contributed by atoms with Crippen LogP contribution in [0.15, 0.2) is 18.2 Å². The SMILES string of the molecule is O=[N+]([O-])c1ccc(N2CCN(S(=O)(=O)N3CCCCCC3)CC2)c(Cl)c1. The Morgan fingerprint density at radius 1 is 0.923 bits per heavy atom. The van der Waals surface area contributed by atoms with Crippen LogP contribution in [0.25, 0.3) is 0 Å². The third-order valence-corrected chi connectivity index (χ3v) is 7.28. The molecule has 26 heavy (non-hydrogen) atoms. The predicted octanol–water partition coefficient (Wildman–Crippen LogP) is 2.49. The first-order chi connectivity index (χ1) is 12.4. The van der Waals surface area contributed by atoms with Gasteiger partial charge in [-0.05, 0) is 18.9 Å². The van der Waals surface area contributed by atoms with Gasteiger partial charge < -0.3 is 4.90 Å². The molecule has 8 nitrogen and oxygen atoms in total. The van der Waals surface area contributed by atoms with Crippen LogP contribution in [0.3, 0.4) is 0 Å². The van der Waals surface area contributed by atoms with E-state index in [9.17, 15) is 18.5 Å². The van der Waals surface area contributed by atoms with Crippen molar-refractivity contribution in [1.82, 2.24) is 8.61 Å². The molecule has 0 saturated carbocycles. The van der Waals surface area contributed by atoms with Gasteiger partial charge in [0, 0.05) is 51.4 Å². The van der Waals surface area contributed by atoms with E-state index in [-0.39, 0.29) is 5.69 Å². The first-order valence-electron chi connectivity index (χ1n) is 8.84. The number of non-ortho nitro benzene ring substituents is 1. The van der Waals surface area contributed by atoms with Gasteiger partial charge in [0.1, 0.15) is 0 Å². The summed E-state index contributed by atoms with van der Waals surface area (Å²) < 4.78 is 28.9. The lowest BCUT2D eigenvalue weighted by Crippen LogP contribution is -2.53. The summed E-state index contributed by atoms with van der Waals surface area (Å²) in [5.41, 5.74) is 0.644. The number of nitro groups is 1. The maximum absolute atomic E-state index is 12.9. The lowest BCUT2D eigenvalue weighted by Gasteiger charge is -2.37. The highest BCUT2D eigenvalue weighted by molar-refractivity contribution is 7.86. The van der Waals surface area contributed by atoms with E-state index in [0.29, 0.717) is 50.0 Å². The first-order valence-corrected chi connectivity index (χ1v) is 10.6. The molecule has 2 saturated heterocycles. The summed E-state index contributed by atoms with van der Waals surface area (Å²) in [6.07, 6.45) is 3.99. The van der Waals surface area contributed by atoms with Crippen LogP contribution < -0.4 is 4.90 Å². The number of piperazine rings is 1. The third kappa shape index (κ3) is 4.11. The van der Waals surface area contributed by atoms with Gasteiger partial charge in [0.15, 0.2) is 0 Å². The monoisotopic (exact) mass is 402 g/mol. The minimum Gasteiger partial charge on any atom is -0.368 e. The molecule has 2 fully saturated rings. The highest BCUT2D eigenvalue weighted by atomic mass is 35.5. The number of nitrogens with zero attached hydrogens (tertiary/aromatic N) is 4. The number of benzene rings is 1. The zero-order valence-corrected chi connectivity index (χ0v) is 16.1. The second-order valence-electron chi connectivity index (χ2n) is 6.60. The van der Waals surface area contributed by atoms with Crippen molar-refractivity contribution in [3.63, 3.8) is 0 Å². The highest BCUT2D eigenvalue weighted by Crippen LogP contribution is 2.31. The van der Waals surface area contributed by atoms with E-state index in [2.05, 4.69) is 0 Å². The number of hydrogen-bond acceptors (Lipinski definition) is 5. The molecule has 0 spiro atoms. The van der Waals surface area contributed by atoms with Crippen molar-refractivity contribution >= 4 is 33.2 Å². The molecule has 0 radical (unpaired) electrons. The normalized spacial score (nSPS) is 20.7. The molecule has 0 bridgehead atoms. The van der Waals surface area contributed by atoms with Gasteiger partial charge in [0.25, 0.3) is 15.9 Å². The molecule has 2 aliphatic rings. The Hall–Kier alpha value is -1.42. The summed E-state index contributed by atoms with van der Waals surface area (Å²) in [5, 5.41) is 11.1. The van der Waals surface area contributed by atoms with E-state index < -0.39 is 15.1 Å². The predicted molar refractivity (Wildman–Crippen MR) is 101 cm³/mol. The Kier molecular flexibility index (Phi) is 6.01. The second kappa shape index (κ2) is 8.08. The molecule has 0 amide bonds. The average molecular weight is 403 g/mol. The van der Waals surface area contributed by atoms with E-state index >= 15 is 0 Å². The Morgan fingerprint density at radius 3 is 2.04 bits per heavy atom. The fourth-order valence-electron chi connectivity index (χ4n) is 3.46. The molecule has 2 heterocycles. The van der Waals surface area contributed by atoms with Gasteiger partial charge in [0.2, 0.25) is 0 Å². The fraction of sp³-hybridized carbons (Fsp3) is 0.625. The smallest absolute Gasteiger partial charge is 0.282 e. The lowest BCUT2D eigenvalue weighted by molar-refractivity contribution is -0.384. The summed E-state index contributed by atoms with van der Waals surface area (Å²) in [7, 11) is -3.42. The topological polar surface area (TPSA) is 87.0 Å². The van der Waals surface area contributed by atoms with E-state index in [0.717, 1.165) is 25.7 Å². The summed E-state index contributed by atoms with van der Waals surface area (Å²) in [6.45, 7) is 2.96. The molecule has 2 aliphatic heterocycles. The molecule has 0 atom stereocenters. The quantitative estimate of drug-likeness (QED) is 0.570. The minimum atomic E-state index is -3.42. The third-order valence-electron chi connectivity index (χ3n) is 4.94. The molecule has 1 aromatic rings. The zero-order valence-electron chi connectivity index (χ0n) is 14.5. The highest BCUT2D eigenvalue weighted by Gasteiger charge is 2.33. The molecule has 0 aliphatic carbocycles. The van der Waals surface area contributed by atoms with Crippen LogP contribution in [-0.2, 0) is 10.2 Å². The molecule has 3 rings (SSSR count). The molecule has 10 heteroatoms. The van der Waals surface area contributed by atoms with Crippen molar-refractivity contribution in [2.45, 2.75) is 25.7 Å². The number of halogens is 1. The standard InChI is InChI=1S/C16H23ClN4O4S/c17-15-13-14(21(22)23)5-6-16(15)18-9-11-20(12-10-18)26(24,25)19-7-3-1-2-4-8-19/h5-6,13H,1-4,7-12H2. The van der Waals surface area contributed by atoms with Crippen molar-refractivity contribution in [3.05, 3.63) is 33.3 Å². The Bertz CT molecular complexity index is 758. The largest absolute Gasteiger partial charge is 0.368 e. The number of rotatable bonds is 4.